The number of nitrogens with one attached hydrogen (secondary N) is 1. The molecule has 1 amide bonds. The van der Waals surface area contributed by atoms with E-state index in [0.29, 0.717) is 6.54 Å². The first kappa shape index (κ1) is 13.9. The molecule has 0 unspecified atom stereocenters. The van der Waals surface area contributed by atoms with Crippen LogP contribution in [0.25, 0.3) is 21.3 Å². The minimum Gasteiger partial charge on any atom is -0.351 e. The van der Waals surface area contributed by atoms with E-state index in [9.17, 15) is 4.79 Å². The van der Waals surface area contributed by atoms with Gasteiger partial charge in [0.25, 0.3) is 0 Å². The van der Waals surface area contributed by atoms with Gasteiger partial charge in [-0.2, -0.15) is 0 Å². The Hall–Kier alpha value is -2.05. The zero-order valence-electron chi connectivity index (χ0n) is 11.4. The zero-order chi connectivity index (χ0) is 14.7. The molecule has 21 heavy (non-hydrogen) atoms. The van der Waals surface area contributed by atoms with Gasteiger partial charge in [0.05, 0.1) is 22.8 Å². The summed E-state index contributed by atoms with van der Waals surface area (Å²) in [6, 6.07) is 9.87. The fraction of sp³-hybridized carbons (Fsp3) is 0.133. The summed E-state index contributed by atoms with van der Waals surface area (Å²) >= 11 is 3.23. The second kappa shape index (κ2) is 6.15. The summed E-state index contributed by atoms with van der Waals surface area (Å²) in [6.07, 6.45) is 1.77. The number of pyridine rings is 1. The summed E-state index contributed by atoms with van der Waals surface area (Å²) in [5, 5.41) is 5.76. The number of thiazole rings is 1. The Kier molecular flexibility index (Phi) is 4.08. The Morgan fingerprint density at radius 2 is 2.14 bits per heavy atom. The molecule has 3 aromatic rings. The quantitative estimate of drug-likeness (QED) is 0.801. The number of hydrogen-bond acceptors (Lipinski definition) is 5. The molecule has 0 aliphatic rings. The third-order valence-electron chi connectivity index (χ3n) is 2.81. The number of carbonyl (C=O) groups excluding carboxylic acids is 1. The summed E-state index contributed by atoms with van der Waals surface area (Å²) in [6.45, 7) is 2.09. The van der Waals surface area contributed by atoms with Crippen molar-refractivity contribution in [3.8, 4) is 21.3 Å². The van der Waals surface area contributed by atoms with Gasteiger partial charge in [-0.25, -0.2) is 4.98 Å². The SMILES string of the molecule is CC(=O)NCc1ccc(-c2csc(-c3ccccn3)n2)s1. The molecule has 0 saturated heterocycles. The van der Waals surface area contributed by atoms with Crippen LogP contribution in [0.4, 0.5) is 0 Å². The molecule has 3 rings (SSSR count). The van der Waals surface area contributed by atoms with Crippen LogP contribution in [-0.2, 0) is 11.3 Å². The lowest BCUT2D eigenvalue weighted by Gasteiger charge is -1.97. The standard InChI is InChI=1S/C15H13N3OS2/c1-10(19)17-8-11-5-6-14(21-11)13-9-20-15(18-13)12-4-2-3-7-16-12/h2-7,9H,8H2,1H3,(H,17,19). The Balaban J connectivity index is 1.79. The molecule has 0 saturated carbocycles. The highest BCUT2D eigenvalue weighted by Crippen LogP contribution is 2.32. The van der Waals surface area contributed by atoms with Gasteiger partial charge in [0, 0.05) is 23.4 Å². The highest BCUT2D eigenvalue weighted by Gasteiger charge is 2.09. The lowest BCUT2D eigenvalue weighted by atomic mass is 10.3. The topological polar surface area (TPSA) is 54.9 Å². The van der Waals surface area contributed by atoms with E-state index in [1.54, 1.807) is 28.9 Å². The number of nitrogens with zero attached hydrogens (tertiary/aromatic N) is 2. The van der Waals surface area contributed by atoms with Gasteiger partial charge in [-0.05, 0) is 24.3 Å². The van der Waals surface area contributed by atoms with Gasteiger partial charge in [0.1, 0.15) is 5.01 Å². The maximum atomic E-state index is 10.9. The van der Waals surface area contributed by atoms with Gasteiger partial charge >= 0.3 is 0 Å². The lowest BCUT2D eigenvalue weighted by Crippen LogP contribution is -2.17. The molecule has 3 aromatic heterocycles. The molecule has 3 heterocycles. The van der Waals surface area contributed by atoms with E-state index in [0.717, 1.165) is 26.1 Å². The van der Waals surface area contributed by atoms with Crippen LogP contribution in [0, 0.1) is 0 Å². The fourth-order valence-electron chi connectivity index (χ4n) is 1.82. The average molecular weight is 315 g/mol. The van der Waals surface area contributed by atoms with E-state index in [1.807, 2.05) is 35.7 Å². The molecular formula is C15H13N3OS2. The van der Waals surface area contributed by atoms with Crippen molar-refractivity contribution in [3.05, 3.63) is 46.8 Å². The first-order valence-electron chi connectivity index (χ1n) is 6.43. The summed E-state index contributed by atoms with van der Waals surface area (Å²) in [7, 11) is 0. The molecule has 0 aromatic carbocycles. The van der Waals surface area contributed by atoms with Gasteiger partial charge in [-0.1, -0.05) is 6.07 Å². The predicted octanol–water partition coefficient (Wildman–Crippen LogP) is 3.57. The minimum absolute atomic E-state index is 0.0175. The van der Waals surface area contributed by atoms with E-state index in [2.05, 4.69) is 15.3 Å². The van der Waals surface area contributed by atoms with Crippen molar-refractivity contribution in [2.24, 2.45) is 0 Å². The number of amides is 1. The summed E-state index contributed by atoms with van der Waals surface area (Å²) < 4.78 is 0. The molecule has 0 atom stereocenters. The molecule has 6 heteroatoms. The third-order valence-corrected chi connectivity index (χ3v) is 4.79. The zero-order valence-corrected chi connectivity index (χ0v) is 13.0. The normalized spacial score (nSPS) is 10.5. The number of carbonyl (C=O) groups is 1. The monoisotopic (exact) mass is 315 g/mol. The minimum atomic E-state index is -0.0175. The largest absolute Gasteiger partial charge is 0.351 e. The molecule has 1 N–H and O–H groups in total. The Morgan fingerprint density at radius 1 is 1.24 bits per heavy atom. The summed E-state index contributed by atoms with van der Waals surface area (Å²) in [5.41, 5.74) is 1.85. The Bertz CT molecular complexity index is 749. The molecule has 4 nitrogen and oxygen atoms in total. The maximum absolute atomic E-state index is 10.9. The van der Waals surface area contributed by atoms with Crippen LogP contribution in [0.3, 0.4) is 0 Å². The predicted molar refractivity (Wildman–Crippen MR) is 86.2 cm³/mol. The van der Waals surface area contributed by atoms with Crippen LogP contribution < -0.4 is 5.32 Å². The smallest absolute Gasteiger partial charge is 0.217 e. The lowest BCUT2D eigenvalue weighted by molar-refractivity contribution is -0.119. The van der Waals surface area contributed by atoms with E-state index in [4.69, 9.17) is 0 Å². The third kappa shape index (κ3) is 3.34. The number of rotatable bonds is 4. The van der Waals surface area contributed by atoms with Crippen molar-refractivity contribution in [1.82, 2.24) is 15.3 Å². The van der Waals surface area contributed by atoms with Crippen molar-refractivity contribution < 1.29 is 4.79 Å². The van der Waals surface area contributed by atoms with E-state index >= 15 is 0 Å². The first-order chi connectivity index (χ1) is 10.2. The Morgan fingerprint density at radius 3 is 2.90 bits per heavy atom. The number of aromatic nitrogens is 2. The number of hydrogen-bond donors (Lipinski definition) is 1. The second-order valence-corrected chi connectivity index (χ2v) is 6.46. The van der Waals surface area contributed by atoms with Crippen LogP contribution in [0.15, 0.2) is 41.9 Å². The summed E-state index contributed by atoms with van der Waals surface area (Å²) in [5.74, 6) is -0.0175. The average Bonchev–Trinajstić information content (AvgIpc) is 3.15. The van der Waals surface area contributed by atoms with Crippen LogP contribution >= 0.6 is 22.7 Å². The van der Waals surface area contributed by atoms with Crippen molar-refractivity contribution in [2.75, 3.05) is 0 Å². The van der Waals surface area contributed by atoms with Gasteiger partial charge in [0.15, 0.2) is 0 Å². The van der Waals surface area contributed by atoms with Crippen LogP contribution in [0.2, 0.25) is 0 Å². The molecule has 0 spiro atoms. The van der Waals surface area contributed by atoms with Crippen molar-refractivity contribution in [3.63, 3.8) is 0 Å². The Labute approximate surface area is 130 Å². The van der Waals surface area contributed by atoms with Gasteiger partial charge < -0.3 is 5.32 Å². The molecule has 0 aliphatic carbocycles. The fourth-order valence-corrected chi connectivity index (χ4v) is 3.59. The maximum Gasteiger partial charge on any atom is 0.217 e. The highest BCUT2D eigenvalue weighted by atomic mass is 32.1. The van der Waals surface area contributed by atoms with E-state index in [-0.39, 0.29) is 5.91 Å². The van der Waals surface area contributed by atoms with E-state index in [1.165, 1.54) is 6.92 Å². The molecule has 0 aliphatic heterocycles. The molecule has 0 radical (unpaired) electrons. The molecular weight excluding hydrogens is 302 g/mol. The van der Waals surface area contributed by atoms with Gasteiger partial charge in [0.2, 0.25) is 5.91 Å². The molecule has 0 bridgehead atoms. The molecule has 0 fully saturated rings. The van der Waals surface area contributed by atoms with Crippen LogP contribution in [0.5, 0.6) is 0 Å². The van der Waals surface area contributed by atoms with Crippen molar-refractivity contribution in [2.45, 2.75) is 13.5 Å². The van der Waals surface area contributed by atoms with Gasteiger partial charge in [-0.3, -0.25) is 9.78 Å². The van der Waals surface area contributed by atoms with E-state index < -0.39 is 0 Å². The highest BCUT2D eigenvalue weighted by molar-refractivity contribution is 7.16. The first-order valence-corrected chi connectivity index (χ1v) is 8.12. The summed E-state index contributed by atoms with van der Waals surface area (Å²) in [4.78, 5) is 22.1. The van der Waals surface area contributed by atoms with Crippen molar-refractivity contribution in [1.29, 1.82) is 0 Å². The van der Waals surface area contributed by atoms with Crippen molar-refractivity contribution >= 4 is 28.6 Å². The van der Waals surface area contributed by atoms with Crippen LogP contribution in [-0.4, -0.2) is 15.9 Å². The van der Waals surface area contributed by atoms with Gasteiger partial charge in [-0.15, -0.1) is 22.7 Å². The van der Waals surface area contributed by atoms with Crippen LogP contribution in [0.1, 0.15) is 11.8 Å². The number of thiophene rings is 1. The second-order valence-electron chi connectivity index (χ2n) is 4.43. The molecule has 106 valence electrons.